The summed E-state index contributed by atoms with van der Waals surface area (Å²) < 4.78 is 70.4. The molecule has 0 radical (unpaired) electrons. The van der Waals surface area contributed by atoms with E-state index in [1.54, 1.807) is 26.8 Å². The number of hydrogen-bond acceptors (Lipinski definition) is 3. The highest BCUT2D eigenvalue weighted by Gasteiger charge is 2.40. The topological polar surface area (TPSA) is 58.6 Å². The van der Waals surface area contributed by atoms with Crippen LogP contribution in [0.1, 0.15) is 43.6 Å². The minimum absolute atomic E-state index is 0.0138. The summed E-state index contributed by atoms with van der Waals surface area (Å²) in [6.45, 7) is 4.97. The molecule has 1 amide bonds. The number of hydrogen-bond donors (Lipinski definition) is 2. The summed E-state index contributed by atoms with van der Waals surface area (Å²) in [5, 5.41) is 13.3. The van der Waals surface area contributed by atoms with Crippen molar-refractivity contribution in [3.05, 3.63) is 71.0 Å². The van der Waals surface area contributed by atoms with Gasteiger partial charge in [0, 0.05) is 6.42 Å². The van der Waals surface area contributed by atoms with Crippen LogP contribution in [0.5, 0.6) is 0 Å². The van der Waals surface area contributed by atoms with E-state index >= 15 is 0 Å². The van der Waals surface area contributed by atoms with Crippen LogP contribution >= 0.6 is 0 Å². The lowest BCUT2D eigenvalue weighted by Crippen LogP contribution is -2.43. The van der Waals surface area contributed by atoms with Crippen LogP contribution in [0.4, 0.5) is 26.7 Å². The van der Waals surface area contributed by atoms with Crippen molar-refractivity contribution in [2.45, 2.75) is 63.7 Å². The Kier molecular flexibility index (Phi) is 8.23. The van der Waals surface area contributed by atoms with Crippen LogP contribution < -0.4 is 5.32 Å². The van der Waals surface area contributed by atoms with Gasteiger partial charge in [-0.25, -0.2) is 18.0 Å². The number of benzene rings is 2. The number of ether oxygens (including phenoxy) is 1. The van der Waals surface area contributed by atoms with Crippen LogP contribution in [-0.2, 0) is 17.6 Å². The van der Waals surface area contributed by atoms with E-state index in [0.717, 1.165) is 12.1 Å². The van der Waals surface area contributed by atoms with Crippen LogP contribution in [0.3, 0.4) is 0 Å². The van der Waals surface area contributed by atoms with Crippen LogP contribution in [0.25, 0.3) is 0 Å². The molecule has 2 unspecified atom stereocenters. The second-order valence-corrected chi connectivity index (χ2v) is 8.51. The van der Waals surface area contributed by atoms with Gasteiger partial charge in [0.2, 0.25) is 0 Å². The molecule has 0 saturated heterocycles. The molecule has 0 spiro atoms. The van der Waals surface area contributed by atoms with Gasteiger partial charge in [-0.3, -0.25) is 0 Å². The van der Waals surface area contributed by atoms with E-state index in [1.165, 1.54) is 30.3 Å². The van der Waals surface area contributed by atoms with Crippen molar-refractivity contribution in [3.8, 4) is 0 Å². The summed E-state index contributed by atoms with van der Waals surface area (Å²) in [5.41, 5.74) is -0.0845. The fraction of sp³-hybridized carbons (Fsp3) is 0.435. The van der Waals surface area contributed by atoms with Gasteiger partial charge in [-0.05, 0) is 56.0 Å². The quantitative estimate of drug-likeness (QED) is 0.517. The molecule has 9 heteroatoms. The molecule has 2 N–H and O–H groups in total. The lowest BCUT2D eigenvalue weighted by atomic mass is 9.94. The number of halogens is 5. The number of amides is 1. The Hall–Kier alpha value is -2.68. The average molecular weight is 459 g/mol. The van der Waals surface area contributed by atoms with Crippen molar-refractivity contribution in [3.63, 3.8) is 0 Å². The van der Waals surface area contributed by atoms with E-state index in [9.17, 15) is 31.9 Å². The molecule has 2 aromatic rings. The summed E-state index contributed by atoms with van der Waals surface area (Å²) in [4.78, 5) is 12.3. The van der Waals surface area contributed by atoms with Crippen molar-refractivity contribution in [1.82, 2.24) is 5.32 Å². The number of alkyl halides is 4. The van der Waals surface area contributed by atoms with E-state index in [0.29, 0.717) is 11.1 Å². The number of carbonyl (C=O) groups is 1. The molecule has 2 atom stereocenters. The highest BCUT2D eigenvalue weighted by atomic mass is 19.3. The van der Waals surface area contributed by atoms with E-state index in [4.69, 9.17) is 4.74 Å². The second-order valence-electron chi connectivity index (χ2n) is 8.51. The number of alkyl carbamates (subject to hydrolysis) is 1. The average Bonchev–Trinajstić information content (AvgIpc) is 2.66. The maximum absolute atomic E-state index is 13.4. The number of nitrogens with one attached hydrogen (secondary N) is 1. The SMILES string of the molecule is CC(C)(C)OC(=O)NC(Cc1cccc(CC(F)(F)C(F)F)c1)C(O)c1ccc(F)cc1. The van der Waals surface area contributed by atoms with Crippen LogP contribution in [-0.4, -0.2) is 35.2 Å². The van der Waals surface area contributed by atoms with Gasteiger partial charge in [0.15, 0.2) is 0 Å². The Bertz CT molecular complexity index is 897. The third-order valence-electron chi connectivity index (χ3n) is 4.50. The smallest absolute Gasteiger partial charge is 0.407 e. The highest BCUT2D eigenvalue weighted by Crippen LogP contribution is 2.28. The molecule has 0 aliphatic carbocycles. The fourth-order valence-corrected chi connectivity index (χ4v) is 3.06. The summed E-state index contributed by atoms with van der Waals surface area (Å²) in [6.07, 6.45) is -7.07. The van der Waals surface area contributed by atoms with Crippen molar-refractivity contribution in [2.75, 3.05) is 0 Å². The lowest BCUT2D eigenvalue weighted by molar-refractivity contribution is -0.127. The van der Waals surface area contributed by atoms with Crippen LogP contribution in [0, 0.1) is 5.82 Å². The minimum Gasteiger partial charge on any atom is -0.444 e. The number of aliphatic hydroxyl groups excluding tert-OH is 1. The predicted octanol–water partition coefficient (Wildman–Crippen LogP) is 5.44. The van der Waals surface area contributed by atoms with Crippen molar-refractivity contribution < 1.29 is 36.6 Å². The summed E-state index contributed by atoms with van der Waals surface area (Å²) in [5.74, 6) is -4.69. The molecule has 0 aliphatic heterocycles. The largest absolute Gasteiger partial charge is 0.444 e. The van der Waals surface area contributed by atoms with E-state index in [-0.39, 0.29) is 12.0 Å². The molecule has 2 aromatic carbocycles. The summed E-state index contributed by atoms with van der Waals surface area (Å²) >= 11 is 0. The Morgan fingerprint density at radius 3 is 2.22 bits per heavy atom. The second kappa shape index (κ2) is 10.3. The first-order valence-electron chi connectivity index (χ1n) is 9.93. The third kappa shape index (κ3) is 7.78. The zero-order valence-electron chi connectivity index (χ0n) is 17.9. The minimum atomic E-state index is -4.18. The highest BCUT2D eigenvalue weighted by molar-refractivity contribution is 5.68. The molecule has 0 aromatic heterocycles. The molecule has 2 rings (SSSR count). The first kappa shape index (κ1) is 25.6. The molecule has 0 heterocycles. The van der Waals surface area contributed by atoms with Crippen molar-refractivity contribution >= 4 is 6.09 Å². The van der Waals surface area contributed by atoms with Gasteiger partial charge >= 0.3 is 18.4 Å². The lowest BCUT2D eigenvalue weighted by Gasteiger charge is -2.27. The predicted molar refractivity (Wildman–Crippen MR) is 109 cm³/mol. The first-order valence-corrected chi connectivity index (χ1v) is 9.93. The third-order valence-corrected chi connectivity index (χ3v) is 4.50. The Labute approximate surface area is 183 Å². The van der Waals surface area contributed by atoms with Crippen molar-refractivity contribution in [1.29, 1.82) is 0 Å². The fourth-order valence-electron chi connectivity index (χ4n) is 3.06. The molecular weight excluding hydrogens is 433 g/mol. The van der Waals surface area contributed by atoms with E-state index in [1.807, 2.05) is 0 Å². The van der Waals surface area contributed by atoms with Crippen LogP contribution in [0.15, 0.2) is 48.5 Å². The van der Waals surface area contributed by atoms with Gasteiger partial charge in [0.05, 0.1) is 12.1 Å². The monoisotopic (exact) mass is 459 g/mol. The molecule has 4 nitrogen and oxygen atoms in total. The molecular formula is C23H26F5NO3. The Morgan fingerprint density at radius 2 is 1.66 bits per heavy atom. The number of carbonyl (C=O) groups excluding carboxylic acids is 1. The normalized spacial score (nSPS) is 14.2. The molecule has 0 fully saturated rings. The van der Waals surface area contributed by atoms with E-state index < -0.39 is 48.4 Å². The maximum atomic E-state index is 13.4. The molecule has 0 bridgehead atoms. The zero-order chi connectivity index (χ0) is 24.1. The zero-order valence-corrected chi connectivity index (χ0v) is 17.9. The van der Waals surface area contributed by atoms with Gasteiger partial charge in [-0.1, -0.05) is 36.4 Å². The van der Waals surface area contributed by atoms with Crippen LogP contribution in [0.2, 0.25) is 0 Å². The molecule has 0 aliphatic rings. The number of aliphatic hydroxyl groups is 1. The number of rotatable bonds is 8. The van der Waals surface area contributed by atoms with Gasteiger partial charge in [-0.2, -0.15) is 8.78 Å². The summed E-state index contributed by atoms with van der Waals surface area (Å²) in [7, 11) is 0. The summed E-state index contributed by atoms with van der Waals surface area (Å²) in [6, 6.07) is 9.64. The Morgan fingerprint density at radius 1 is 1.06 bits per heavy atom. The maximum Gasteiger partial charge on any atom is 0.407 e. The van der Waals surface area contributed by atoms with Gasteiger partial charge < -0.3 is 15.2 Å². The van der Waals surface area contributed by atoms with E-state index in [2.05, 4.69) is 5.32 Å². The van der Waals surface area contributed by atoms with Gasteiger partial charge in [0.1, 0.15) is 11.4 Å². The molecule has 176 valence electrons. The van der Waals surface area contributed by atoms with Gasteiger partial charge in [-0.15, -0.1) is 0 Å². The Balaban J connectivity index is 2.26. The van der Waals surface area contributed by atoms with Gasteiger partial charge in [0.25, 0.3) is 0 Å². The molecule has 32 heavy (non-hydrogen) atoms. The standard InChI is InChI=1S/C23H26F5NO3/c1-22(2,3)32-21(31)29-18(19(30)16-7-9-17(24)10-8-16)12-14-5-4-6-15(11-14)13-23(27,28)20(25)26/h4-11,18-20,30H,12-13H2,1-3H3,(H,29,31). The van der Waals surface area contributed by atoms with Crippen molar-refractivity contribution in [2.24, 2.45) is 0 Å². The first-order chi connectivity index (χ1) is 14.8. The molecule has 0 saturated carbocycles.